The van der Waals surface area contributed by atoms with E-state index in [1.54, 1.807) is 24.1 Å². The second kappa shape index (κ2) is 9.23. The van der Waals surface area contributed by atoms with Crippen molar-refractivity contribution in [2.45, 2.75) is 58.1 Å². The number of nitrogens with zero attached hydrogens (tertiary/aromatic N) is 3. The van der Waals surface area contributed by atoms with Gasteiger partial charge in [0.05, 0.1) is 10.7 Å². The first-order chi connectivity index (χ1) is 13.0. The molecule has 1 fully saturated rings. The van der Waals surface area contributed by atoms with Gasteiger partial charge < -0.3 is 4.74 Å². The molecular weight excluding hydrogens is 382 g/mol. The third kappa shape index (κ3) is 5.23. The quantitative estimate of drug-likeness (QED) is 0.531. The zero-order valence-corrected chi connectivity index (χ0v) is 17.1. The van der Waals surface area contributed by atoms with E-state index < -0.39 is 12.1 Å². The number of esters is 1. The third-order valence-electron chi connectivity index (χ3n) is 4.47. The number of anilines is 1. The van der Waals surface area contributed by atoms with Crippen LogP contribution < -0.4 is 4.90 Å². The van der Waals surface area contributed by atoms with E-state index in [0.29, 0.717) is 10.8 Å². The standard InChI is InChI=1S/C19H23N3O3S2/c1-13(25-17(23)9-8-15-12-27-14(2)21-15)18(24)22(19-20-10-11-26-19)16-6-4-3-5-7-16/h8-13,16H,3-7H2,1-2H3/b9-8+. The molecule has 2 aromatic heterocycles. The third-order valence-corrected chi connectivity index (χ3v) is 6.03. The number of aryl methyl sites for hydroxylation is 1. The summed E-state index contributed by atoms with van der Waals surface area (Å²) in [6.45, 7) is 3.52. The molecular formula is C19H23N3O3S2. The Kier molecular flexibility index (Phi) is 6.73. The molecule has 1 aliphatic rings. The van der Waals surface area contributed by atoms with Crippen molar-refractivity contribution in [1.29, 1.82) is 0 Å². The van der Waals surface area contributed by atoms with Crippen molar-refractivity contribution in [3.8, 4) is 0 Å². The molecule has 0 aromatic carbocycles. The van der Waals surface area contributed by atoms with E-state index in [-0.39, 0.29) is 11.9 Å². The highest BCUT2D eigenvalue weighted by Gasteiger charge is 2.32. The van der Waals surface area contributed by atoms with Crippen LogP contribution in [0.1, 0.15) is 49.7 Å². The normalized spacial score (nSPS) is 16.4. The van der Waals surface area contributed by atoms with E-state index >= 15 is 0 Å². The molecule has 0 bridgehead atoms. The minimum Gasteiger partial charge on any atom is -0.449 e. The lowest BCUT2D eigenvalue weighted by atomic mass is 9.94. The molecule has 6 nitrogen and oxygen atoms in total. The van der Waals surface area contributed by atoms with Crippen LogP contribution in [0.15, 0.2) is 23.0 Å². The number of carbonyl (C=O) groups is 2. The summed E-state index contributed by atoms with van der Waals surface area (Å²) >= 11 is 2.94. The molecule has 0 N–H and O–H groups in total. The second-order valence-electron chi connectivity index (χ2n) is 6.52. The van der Waals surface area contributed by atoms with Crippen LogP contribution in [-0.4, -0.2) is 34.0 Å². The van der Waals surface area contributed by atoms with Gasteiger partial charge in [0, 0.05) is 29.1 Å². The molecule has 1 unspecified atom stereocenters. The number of rotatable bonds is 6. The summed E-state index contributed by atoms with van der Waals surface area (Å²) in [5.41, 5.74) is 0.708. The number of thiazole rings is 2. The van der Waals surface area contributed by atoms with Gasteiger partial charge in [-0.15, -0.1) is 22.7 Å². The van der Waals surface area contributed by atoms with Gasteiger partial charge in [0.25, 0.3) is 5.91 Å². The number of hydrogen-bond acceptors (Lipinski definition) is 7. The van der Waals surface area contributed by atoms with Crippen molar-refractivity contribution in [2.75, 3.05) is 4.90 Å². The Labute approximate surface area is 166 Å². The largest absolute Gasteiger partial charge is 0.449 e. The van der Waals surface area contributed by atoms with E-state index in [9.17, 15) is 9.59 Å². The average molecular weight is 406 g/mol. The molecule has 27 heavy (non-hydrogen) atoms. The van der Waals surface area contributed by atoms with Crippen LogP contribution in [0.25, 0.3) is 6.08 Å². The van der Waals surface area contributed by atoms with Crippen molar-refractivity contribution in [3.63, 3.8) is 0 Å². The van der Waals surface area contributed by atoms with Gasteiger partial charge in [-0.2, -0.15) is 0 Å². The highest BCUT2D eigenvalue weighted by Crippen LogP contribution is 2.29. The van der Waals surface area contributed by atoms with Crippen LogP contribution in [0.5, 0.6) is 0 Å². The van der Waals surface area contributed by atoms with Crippen molar-refractivity contribution in [2.24, 2.45) is 0 Å². The van der Waals surface area contributed by atoms with Crippen molar-refractivity contribution >= 4 is 45.8 Å². The summed E-state index contributed by atoms with van der Waals surface area (Å²) < 4.78 is 5.35. The Morgan fingerprint density at radius 2 is 2.07 bits per heavy atom. The van der Waals surface area contributed by atoms with E-state index in [1.807, 2.05) is 17.7 Å². The van der Waals surface area contributed by atoms with E-state index in [4.69, 9.17) is 4.74 Å². The molecule has 1 atom stereocenters. The Balaban J connectivity index is 1.65. The van der Waals surface area contributed by atoms with E-state index in [1.165, 1.54) is 35.2 Å². The first-order valence-electron chi connectivity index (χ1n) is 9.08. The van der Waals surface area contributed by atoms with Gasteiger partial charge in [0.1, 0.15) is 0 Å². The molecule has 2 aromatic rings. The lowest BCUT2D eigenvalue weighted by Crippen LogP contribution is -2.47. The fourth-order valence-corrected chi connectivity index (χ4v) is 4.47. The molecule has 0 aliphatic heterocycles. The molecule has 0 radical (unpaired) electrons. The zero-order chi connectivity index (χ0) is 19.2. The molecule has 8 heteroatoms. The second-order valence-corrected chi connectivity index (χ2v) is 8.45. The summed E-state index contributed by atoms with van der Waals surface area (Å²) in [6.07, 6.45) is 9.04. The van der Waals surface area contributed by atoms with Gasteiger partial charge in [0.15, 0.2) is 11.2 Å². The van der Waals surface area contributed by atoms with Gasteiger partial charge in [-0.25, -0.2) is 14.8 Å². The fraction of sp³-hybridized carbons (Fsp3) is 0.474. The number of ether oxygens (including phenoxy) is 1. The molecule has 144 valence electrons. The molecule has 1 aliphatic carbocycles. The van der Waals surface area contributed by atoms with Gasteiger partial charge in [-0.3, -0.25) is 9.69 Å². The monoisotopic (exact) mass is 405 g/mol. The summed E-state index contributed by atoms with van der Waals surface area (Å²) in [4.78, 5) is 35.4. The lowest BCUT2D eigenvalue weighted by molar-refractivity contribution is -0.149. The first-order valence-corrected chi connectivity index (χ1v) is 10.8. The van der Waals surface area contributed by atoms with Gasteiger partial charge in [-0.1, -0.05) is 19.3 Å². The molecule has 1 saturated carbocycles. The van der Waals surface area contributed by atoms with Crippen LogP contribution in [-0.2, 0) is 14.3 Å². The van der Waals surface area contributed by atoms with Crippen molar-refractivity contribution in [1.82, 2.24) is 9.97 Å². The number of aromatic nitrogens is 2. The maximum atomic E-state index is 13.0. The predicted molar refractivity (Wildman–Crippen MR) is 108 cm³/mol. The molecule has 0 spiro atoms. The fourth-order valence-electron chi connectivity index (χ4n) is 3.17. The molecule has 2 heterocycles. The maximum Gasteiger partial charge on any atom is 0.331 e. The van der Waals surface area contributed by atoms with Crippen LogP contribution in [0.4, 0.5) is 5.13 Å². The highest BCUT2D eigenvalue weighted by atomic mass is 32.1. The Bertz CT molecular complexity index is 795. The van der Waals surface area contributed by atoms with Crippen molar-refractivity contribution < 1.29 is 14.3 Å². The smallest absolute Gasteiger partial charge is 0.331 e. The summed E-state index contributed by atoms with van der Waals surface area (Å²) in [5, 5.41) is 5.32. The number of carbonyl (C=O) groups excluding carboxylic acids is 2. The van der Waals surface area contributed by atoms with Crippen LogP contribution >= 0.6 is 22.7 Å². The highest BCUT2D eigenvalue weighted by molar-refractivity contribution is 7.13. The van der Waals surface area contributed by atoms with E-state index in [0.717, 1.165) is 30.7 Å². The minimum atomic E-state index is -0.870. The SMILES string of the molecule is Cc1nc(/C=C/C(=O)OC(C)C(=O)N(c2nccs2)C2CCCCC2)cs1. The summed E-state index contributed by atoms with van der Waals surface area (Å²) in [7, 11) is 0. The topological polar surface area (TPSA) is 72.4 Å². The maximum absolute atomic E-state index is 13.0. The number of amides is 1. The Hall–Kier alpha value is -2.06. The van der Waals surface area contributed by atoms with Crippen molar-refractivity contribution in [3.05, 3.63) is 33.7 Å². The molecule has 0 saturated heterocycles. The van der Waals surface area contributed by atoms with Gasteiger partial charge in [0.2, 0.25) is 0 Å². The van der Waals surface area contributed by atoms with Crippen LogP contribution in [0, 0.1) is 6.92 Å². The van der Waals surface area contributed by atoms with Gasteiger partial charge in [-0.05, 0) is 32.8 Å². The van der Waals surface area contributed by atoms with Gasteiger partial charge >= 0.3 is 5.97 Å². The summed E-state index contributed by atoms with van der Waals surface area (Å²) in [5.74, 6) is -0.771. The Morgan fingerprint density at radius 3 is 2.70 bits per heavy atom. The van der Waals surface area contributed by atoms with Crippen LogP contribution in [0.3, 0.4) is 0 Å². The Morgan fingerprint density at radius 1 is 1.30 bits per heavy atom. The minimum absolute atomic E-state index is 0.118. The summed E-state index contributed by atoms with van der Waals surface area (Å²) in [6, 6.07) is 0.118. The predicted octanol–water partition coefficient (Wildman–Crippen LogP) is 4.22. The number of hydrogen-bond donors (Lipinski definition) is 0. The first kappa shape index (κ1) is 19.7. The lowest BCUT2D eigenvalue weighted by Gasteiger charge is -2.33. The molecule has 3 rings (SSSR count). The average Bonchev–Trinajstić information content (AvgIpc) is 3.33. The van der Waals surface area contributed by atoms with Crippen LogP contribution in [0.2, 0.25) is 0 Å². The van der Waals surface area contributed by atoms with E-state index in [2.05, 4.69) is 9.97 Å². The molecule has 1 amide bonds. The zero-order valence-electron chi connectivity index (χ0n) is 15.5.